The zero-order valence-electron chi connectivity index (χ0n) is 15.3. The first-order chi connectivity index (χ1) is 11.5. The van der Waals surface area contributed by atoms with Crippen LogP contribution in [0.25, 0.3) is 0 Å². The number of nitrogen functional groups attached to an aromatic ring is 2. The third-order valence-corrected chi connectivity index (χ3v) is 2.60. The van der Waals surface area contributed by atoms with Gasteiger partial charge in [-0.25, -0.2) is 4.98 Å². The minimum Gasteiger partial charge on any atom is -0.398 e. The average Bonchev–Trinajstić information content (AvgIpc) is 3.04. The smallest absolute Gasteiger partial charge is 0.134 e. The summed E-state index contributed by atoms with van der Waals surface area (Å²) in [6, 6.07) is 3.61. The Hall–Kier alpha value is -2.20. The number of aromatic nitrogens is 1. The Bertz CT molecular complexity index is 520. The lowest BCUT2D eigenvalue weighted by molar-refractivity contribution is 0.903. The van der Waals surface area contributed by atoms with Crippen molar-refractivity contribution < 1.29 is 0 Å². The second kappa shape index (κ2) is 15.7. The number of nitriles is 1. The number of hydrogen-bond acceptors (Lipinski definition) is 7. The fourth-order valence-corrected chi connectivity index (χ4v) is 1.72. The summed E-state index contributed by atoms with van der Waals surface area (Å²) < 4.78 is 0. The van der Waals surface area contributed by atoms with E-state index in [1.54, 1.807) is 30.8 Å². The summed E-state index contributed by atoms with van der Waals surface area (Å²) in [5.74, 6) is 0.317. The second-order valence-electron chi connectivity index (χ2n) is 4.52. The largest absolute Gasteiger partial charge is 0.398 e. The molecule has 1 saturated heterocycles. The second-order valence-corrected chi connectivity index (χ2v) is 5.34. The molecule has 0 atom stereocenters. The highest BCUT2D eigenvalue weighted by Gasteiger charge is 2.05. The highest BCUT2D eigenvalue weighted by atomic mass is 32.2. The minimum absolute atomic E-state index is 0.317. The van der Waals surface area contributed by atoms with Crippen LogP contribution in [0, 0.1) is 16.7 Å². The third kappa shape index (κ3) is 10.5. The number of nitrogens with zero attached hydrogens (tertiary/aromatic N) is 2. The molecule has 1 aliphatic rings. The van der Waals surface area contributed by atoms with E-state index in [-0.39, 0.29) is 0 Å². The third-order valence-electron chi connectivity index (χ3n) is 2.60. The molecule has 6 N–H and O–H groups in total. The van der Waals surface area contributed by atoms with Gasteiger partial charge in [0.15, 0.2) is 0 Å². The molecule has 1 aliphatic heterocycles. The molecule has 0 spiro atoms. The van der Waals surface area contributed by atoms with Crippen LogP contribution in [-0.2, 0) is 0 Å². The molecule has 1 aromatic rings. The molecule has 0 unspecified atom stereocenters. The van der Waals surface area contributed by atoms with Gasteiger partial charge in [0.1, 0.15) is 5.82 Å². The van der Waals surface area contributed by atoms with Crippen molar-refractivity contribution in [2.24, 2.45) is 0 Å². The predicted molar refractivity (Wildman–Crippen MR) is 107 cm³/mol. The maximum Gasteiger partial charge on any atom is 0.134 e. The first-order valence-corrected chi connectivity index (χ1v) is 9.39. The molecule has 0 bridgehead atoms. The summed E-state index contributed by atoms with van der Waals surface area (Å²) >= 11 is 1.75. The van der Waals surface area contributed by atoms with Gasteiger partial charge in [-0.1, -0.05) is 13.8 Å². The lowest BCUT2D eigenvalue weighted by atomic mass is 10.1. The Kier molecular flexibility index (Phi) is 15.7. The molecular weight excluding hydrogens is 320 g/mol. The summed E-state index contributed by atoms with van der Waals surface area (Å²) in [7, 11) is 0. The number of rotatable bonds is 1. The summed E-state index contributed by atoms with van der Waals surface area (Å²) in [5.41, 5.74) is 13.5. The van der Waals surface area contributed by atoms with Crippen LogP contribution in [0.4, 0.5) is 11.5 Å². The van der Waals surface area contributed by atoms with Gasteiger partial charge in [0, 0.05) is 35.9 Å². The van der Waals surface area contributed by atoms with Crippen LogP contribution < -0.4 is 16.8 Å². The molecule has 1 aromatic heterocycles. The van der Waals surface area contributed by atoms with Crippen molar-refractivity contribution in [2.75, 3.05) is 30.5 Å². The van der Waals surface area contributed by atoms with Gasteiger partial charge in [0.25, 0.3) is 0 Å². The van der Waals surface area contributed by atoms with Crippen LogP contribution in [0.2, 0.25) is 0 Å². The van der Waals surface area contributed by atoms with E-state index >= 15 is 0 Å². The van der Waals surface area contributed by atoms with Crippen molar-refractivity contribution in [3.8, 4) is 6.07 Å². The highest BCUT2D eigenvalue weighted by molar-refractivity contribution is 7.97. The number of thioether (sulfide) groups is 1. The molecule has 7 heteroatoms. The van der Waals surface area contributed by atoms with Gasteiger partial charge >= 0.3 is 0 Å². The van der Waals surface area contributed by atoms with Crippen LogP contribution in [-0.4, -0.2) is 29.8 Å². The van der Waals surface area contributed by atoms with Gasteiger partial charge in [0.2, 0.25) is 0 Å². The molecule has 1 fully saturated rings. The predicted octanol–water partition coefficient (Wildman–Crippen LogP) is 3.42. The van der Waals surface area contributed by atoms with Crippen molar-refractivity contribution in [3.63, 3.8) is 0 Å². The van der Waals surface area contributed by atoms with E-state index < -0.39 is 0 Å². The van der Waals surface area contributed by atoms with Gasteiger partial charge in [-0.3, -0.25) is 0 Å². The number of hydrogen-bond donors (Lipinski definition) is 4. The minimum atomic E-state index is 0.317. The van der Waals surface area contributed by atoms with Gasteiger partial charge in [-0.2, -0.15) is 17.0 Å². The van der Waals surface area contributed by atoms with E-state index in [0.717, 1.165) is 18.7 Å². The van der Waals surface area contributed by atoms with Gasteiger partial charge in [-0.15, -0.1) is 0 Å². The van der Waals surface area contributed by atoms with E-state index in [4.69, 9.17) is 22.1 Å². The van der Waals surface area contributed by atoms with Crippen molar-refractivity contribution in [1.82, 2.24) is 10.3 Å². The van der Waals surface area contributed by atoms with Crippen molar-refractivity contribution in [2.45, 2.75) is 33.6 Å². The molecule has 2 heterocycles. The van der Waals surface area contributed by atoms with Gasteiger partial charge < -0.3 is 22.2 Å². The molecule has 2 rings (SSSR count). The zero-order chi connectivity index (χ0) is 19.0. The Balaban J connectivity index is 0. The molecule has 0 amide bonds. The number of allylic oxidation sites excluding steroid dienone is 2. The molecule has 0 saturated carbocycles. The average molecular weight is 351 g/mol. The van der Waals surface area contributed by atoms with Gasteiger partial charge in [-0.05, 0) is 38.3 Å². The summed E-state index contributed by atoms with van der Waals surface area (Å²) in [4.78, 5) is 3.82. The van der Waals surface area contributed by atoms with Crippen molar-refractivity contribution in [3.05, 3.63) is 29.6 Å². The summed E-state index contributed by atoms with van der Waals surface area (Å²) in [5, 5.41) is 18.6. The molecule has 0 aliphatic carbocycles. The van der Waals surface area contributed by atoms with E-state index in [1.807, 2.05) is 32.4 Å². The van der Waals surface area contributed by atoms with Crippen LogP contribution in [0.1, 0.15) is 39.2 Å². The van der Waals surface area contributed by atoms with E-state index in [1.165, 1.54) is 12.6 Å². The first kappa shape index (κ1) is 24.1. The lowest BCUT2D eigenvalue weighted by Crippen LogP contribution is -2.05. The monoisotopic (exact) mass is 350 g/mol. The molecule has 134 valence electrons. The first-order valence-electron chi connectivity index (χ1n) is 7.76. The normalized spacial score (nSPS) is 12.9. The molecule has 24 heavy (non-hydrogen) atoms. The van der Waals surface area contributed by atoms with Crippen molar-refractivity contribution in [1.29, 1.82) is 10.7 Å². The fraction of sp³-hybridized carbons (Fsp3) is 0.471. The Morgan fingerprint density at radius 1 is 1.42 bits per heavy atom. The zero-order valence-corrected chi connectivity index (χ0v) is 16.1. The lowest BCUT2D eigenvalue weighted by Gasteiger charge is -2.04. The number of nitrogens with two attached hydrogens (primary N) is 2. The Morgan fingerprint density at radius 2 is 2.00 bits per heavy atom. The van der Waals surface area contributed by atoms with Crippen LogP contribution in [0.5, 0.6) is 0 Å². The SMILES string of the molecule is CC.CC(=N)c1c(N)ccnc1N.CSC.N#C/C=C1\CCCN1. The number of anilines is 2. The van der Waals surface area contributed by atoms with Crippen LogP contribution in [0.15, 0.2) is 24.0 Å². The van der Waals surface area contributed by atoms with E-state index in [9.17, 15) is 0 Å². The standard InChI is InChI=1S/C7H10N4.C6H8N2.C2H6S.C2H6/c1-4(8)6-5(9)2-3-11-7(6)10;7-4-3-6-2-1-5-8-6;1-3-2;1-2/h2-3,8H,1H3,(H4,9,10,11);3,8H,1-2,5H2;1-2H3;1-2H3/b;6-3+;;. The highest BCUT2D eigenvalue weighted by Crippen LogP contribution is 2.16. The van der Waals surface area contributed by atoms with Crippen LogP contribution in [0.3, 0.4) is 0 Å². The van der Waals surface area contributed by atoms with Crippen LogP contribution >= 0.6 is 11.8 Å². The van der Waals surface area contributed by atoms with Crippen molar-refractivity contribution >= 4 is 29.0 Å². The fourth-order valence-electron chi connectivity index (χ4n) is 1.72. The Labute approximate surface area is 150 Å². The molecule has 0 aromatic carbocycles. The quantitative estimate of drug-likeness (QED) is 0.454. The maximum atomic E-state index is 8.16. The van der Waals surface area contributed by atoms with E-state index in [0.29, 0.717) is 22.8 Å². The number of pyridine rings is 1. The maximum absolute atomic E-state index is 8.16. The van der Waals surface area contributed by atoms with Gasteiger partial charge in [0.05, 0.1) is 11.6 Å². The topological polar surface area (TPSA) is 125 Å². The Morgan fingerprint density at radius 3 is 2.33 bits per heavy atom. The molecule has 6 nitrogen and oxygen atoms in total. The molecule has 0 radical (unpaired) electrons. The van der Waals surface area contributed by atoms with E-state index in [2.05, 4.69) is 10.3 Å². The number of nitrogens with one attached hydrogen (secondary N) is 2. The molecular formula is C17H30N6S. The summed E-state index contributed by atoms with van der Waals surface area (Å²) in [6.45, 7) is 6.66. The summed E-state index contributed by atoms with van der Waals surface area (Å²) in [6.07, 6.45) is 9.41.